The van der Waals surface area contributed by atoms with Crippen molar-refractivity contribution in [1.29, 1.82) is 0 Å². The Morgan fingerprint density at radius 1 is 1.33 bits per heavy atom. The second kappa shape index (κ2) is 5.94. The summed E-state index contributed by atoms with van der Waals surface area (Å²) in [6, 6.07) is 8.26. The van der Waals surface area contributed by atoms with Crippen molar-refractivity contribution in [3.63, 3.8) is 0 Å². The number of anilines is 1. The van der Waals surface area contributed by atoms with Crippen LogP contribution in [0.3, 0.4) is 0 Å². The number of methoxy groups -OCH3 is 1. The fourth-order valence-corrected chi connectivity index (χ4v) is 3.83. The van der Waals surface area contributed by atoms with Gasteiger partial charge >= 0.3 is 0 Å². The summed E-state index contributed by atoms with van der Waals surface area (Å²) in [6.07, 6.45) is 6.13. The molecule has 126 valence electrons. The molecule has 2 aromatic heterocycles. The molecule has 6 nitrogen and oxygen atoms in total. The highest BCUT2D eigenvalue weighted by Gasteiger charge is 2.42. The molecule has 0 saturated carbocycles. The Balaban J connectivity index is 1.57. The van der Waals surface area contributed by atoms with Gasteiger partial charge in [-0.05, 0) is 37.1 Å². The Labute approximate surface area is 141 Å². The summed E-state index contributed by atoms with van der Waals surface area (Å²) in [5, 5.41) is 3.71. The summed E-state index contributed by atoms with van der Waals surface area (Å²) in [5.74, 6) is 1.13. The van der Waals surface area contributed by atoms with E-state index in [1.54, 1.807) is 7.11 Å². The van der Waals surface area contributed by atoms with Crippen molar-refractivity contribution >= 4 is 11.6 Å². The van der Waals surface area contributed by atoms with Gasteiger partial charge in [-0.2, -0.15) is 0 Å². The average molecular weight is 326 g/mol. The number of nitrogens with one attached hydrogen (secondary N) is 1. The lowest BCUT2D eigenvalue weighted by Gasteiger charge is -2.46. The van der Waals surface area contributed by atoms with E-state index in [4.69, 9.17) is 4.74 Å². The van der Waals surface area contributed by atoms with Crippen LogP contribution in [-0.2, 0) is 15.1 Å². The number of hydrogen-bond acceptors (Lipinski definition) is 4. The van der Waals surface area contributed by atoms with Crippen LogP contribution >= 0.6 is 0 Å². The molecule has 1 spiro atoms. The zero-order valence-corrected chi connectivity index (χ0v) is 13.9. The number of piperidine rings is 1. The Kier molecular flexibility index (Phi) is 3.76. The van der Waals surface area contributed by atoms with E-state index in [9.17, 15) is 4.79 Å². The number of carbonyl (C=O) groups excluding carboxylic acids is 1. The first-order valence-electron chi connectivity index (χ1n) is 8.42. The minimum absolute atomic E-state index is 0.127. The second-order valence-corrected chi connectivity index (χ2v) is 6.47. The predicted molar refractivity (Wildman–Crippen MR) is 91.2 cm³/mol. The van der Waals surface area contributed by atoms with Gasteiger partial charge in [-0.25, -0.2) is 4.98 Å². The Hall–Kier alpha value is -2.34. The number of pyridine rings is 1. The van der Waals surface area contributed by atoms with Crippen molar-refractivity contribution in [2.75, 3.05) is 32.1 Å². The van der Waals surface area contributed by atoms with Gasteiger partial charge in [0.1, 0.15) is 0 Å². The summed E-state index contributed by atoms with van der Waals surface area (Å²) in [6.45, 7) is 2.01. The molecule has 0 aromatic carbocycles. The number of aromatic nitrogens is 2. The first kappa shape index (κ1) is 15.2. The lowest BCUT2D eigenvalue weighted by Crippen LogP contribution is -2.51. The Morgan fingerprint density at radius 2 is 2.17 bits per heavy atom. The Bertz CT molecular complexity index is 747. The van der Waals surface area contributed by atoms with Crippen LogP contribution in [-0.4, -0.2) is 47.2 Å². The molecule has 2 aliphatic rings. The highest BCUT2D eigenvalue weighted by molar-refractivity contribution is 5.76. The van der Waals surface area contributed by atoms with Crippen molar-refractivity contribution in [2.45, 2.75) is 24.8 Å². The number of amides is 1. The molecule has 0 atom stereocenters. The summed E-state index contributed by atoms with van der Waals surface area (Å²) in [5.41, 5.74) is 2.16. The number of nitrogens with zero attached hydrogens (tertiary/aromatic N) is 3. The zero-order valence-electron chi connectivity index (χ0n) is 13.9. The van der Waals surface area contributed by atoms with E-state index in [2.05, 4.69) is 39.3 Å². The van der Waals surface area contributed by atoms with E-state index in [1.807, 2.05) is 17.2 Å². The Morgan fingerprint density at radius 3 is 2.96 bits per heavy atom. The van der Waals surface area contributed by atoms with Crippen molar-refractivity contribution < 1.29 is 9.53 Å². The summed E-state index contributed by atoms with van der Waals surface area (Å²) in [4.78, 5) is 18.7. The van der Waals surface area contributed by atoms with Crippen molar-refractivity contribution in [3.05, 3.63) is 42.4 Å². The quantitative estimate of drug-likeness (QED) is 0.939. The molecule has 1 saturated heterocycles. The number of likely N-dealkylation sites (tertiary alicyclic amines) is 1. The molecule has 1 N–H and O–H groups in total. The van der Waals surface area contributed by atoms with Gasteiger partial charge in [0.2, 0.25) is 5.91 Å². The molecule has 0 aliphatic carbocycles. The van der Waals surface area contributed by atoms with Crippen LogP contribution in [0.2, 0.25) is 0 Å². The van der Waals surface area contributed by atoms with Crippen molar-refractivity contribution in [3.8, 4) is 5.82 Å². The monoisotopic (exact) mass is 326 g/mol. The van der Waals surface area contributed by atoms with Gasteiger partial charge in [0.25, 0.3) is 0 Å². The van der Waals surface area contributed by atoms with E-state index in [0.717, 1.165) is 37.4 Å². The molecule has 4 heterocycles. The largest absolute Gasteiger partial charge is 0.384 e. The first-order valence-corrected chi connectivity index (χ1v) is 8.42. The fourth-order valence-electron chi connectivity index (χ4n) is 3.83. The van der Waals surface area contributed by atoms with Gasteiger partial charge in [-0.3, -0.25) is 4.79 Å². The summed E-state index contributed by atoms with van der Waals surface area (Å²) in [7, 11) is 1.63. The van der Waals surface area contributed by atoms with Gasteiger partial charge in [-0.15, -0.1) is 0 Å². The highest BCUT2D eigenvalue weighted by Crippen LogP contribution is 2.42. The maximum Gasteiger partial charge on any atom is 0.224 e. The maximum atomic E-state index is 12.2. The van der Waals surface area contributed by atoms with Crippen LogP contribution in [0.15, 0.2) is 36.7 Å². The minimum atomic E-state index is -0.127. The fraction of sp³-hybridized carbons (Fsp3) is 0.444. The van der Waals surface area contributed by atoms with Crippen molar-refractivity contribution in [1.82, 2.24) is 14.5 Å². The third kappa shape index (κ3) is 2.38. The molecule has 6 heteroatoms. The molecule has 0 radical (unpaired) electrons. The number of carbonyl (C=O) groups is 1. The summed E-state index contributed by atoms with van der Waals surface area (Å²) >= 11 is 0. The molecule has 2 aliphatic heterocycles. The predicted octanol–water partition coefficient (Wildman–Crippen LogP) is 2.15. The first-order chi connectivity index (χ1) is 11.7. The average Bonchev–Trinajstić information content (AvgIpc) is 3.12. The van der Waals surface area contributed by atoms with Gasteiger partial charge in [-0.1, -0.05) is 0 Å². The summed E-state index contributed by atoms with van der Waals surface area (Å²) < 4.78 is 7.19. The molecule has 2 aromatic rings. The van der Waals surface area contributed by atoms with E-state index < -0.39 is 0 Å². The molecule has 4 rings (SSSR count). The van der Waals surface area contributed by atoms with Crippen LogP contribution in [0, 0.1) is 0 Å². The van der Waals surface area contributed by atoms with Crippen LogP contribution < -0.4 is 5.32 Å². The number of hydrogen-bond donors (Lipinski definition) is 1. The molecule has 1 amide bonds. The molecule has 1 fully saturated rings. The zero-order chi connectivity index (χ0) is 16.6. The molecule has 0 bridgehead atoms. The van der Waals surface area contributed by atoms with E-state index >= 15 is 0 Å². The molecule has 0 unspecified atom stereocenters. The topological polar surface area (TPSA) is 59.4 Å². The maximum absolute atomic E-state index is 12.2. The van der Waals surface area contributed by atoms with Gasteiger partial charge in [0.05, 0.1) is 24.3 Å². The minimum Gasteiger partial charge on any atom is -0.384 e. The lowest BCUT2D eigenvalue weighted by atomic mass is 9.82. The highest BCUT2D eigenvalue weighted by atomic mass is 16.5. The molecular weight excluding hydrogens is 304 g/mol. The second-order valence-electron chi connectivity index (χ2n) is 6.47. The number of rotatable bonds is 3. The lowest BCUT2D eigenvalue weighted by molar-refractivity contribution is -0.133. The van der Waals surface area contributed by atoms with Crippen LogP contribution in [0.4, 0.5) is 5.69 Å². The van der Waals surface area contributed by atoms with Crippen LogP contribution in [0.1, 0.15) is 25.0 Å². The van der Waals surface area contributed by atoms with E-state index in [1.165, 1.54) is 5.69 Å². The molecule has 24 heavy (non-hydrogen) atoms. The van der Waals surface area contributed by atoms with Crippen LogP contribution in [0.5, 0.6) is 0 Å². The third-order valence-corrected chi connectivity index (χ3v) is 5.12. The van der Waals surface area contributed by atoms with E-state index in [0.29, 0.717) is 13.0 Å². The molecular formula is C18H22N4O2. The van der Waals surface area contributed by atoms with Gasteiger partial charge < -0.3 is 19.5 Å². The van der Waals surface area contributed by atoms with Gasteiger partial charge in [0.15, 0.2) is 5.82 Å². The van der Waals surface area contributed by atoms with Crippen LogP contribution in [0.25, 0.3) is 5.82 Å². The number of ether oxygens (including phenoxy) is 1. The van der Waals surface area contributed by atoms with Crippen molar-refractivity contribution in [2.24, 2.45) is 0 Å². The normalized spacial score (nSPS) is 18.0. The van der Waals surface area contributed by atoms with E-state index in [-0.39, 0.29) is 11.4 Å². The number of fused-ring (bicyclic) bond motifs is 4. The third-order valence-electron chi connectivity index (χ3n) is 5.12. The standard InChI is InChI=1S/C18H22N4O2/c1-24-13-6-16(23)21-11-7-18(8-12-21)15-5-3-10-22(15)17-14(20-18)4-2-9-19-17/h2-5,9-10,20H,6-8,11-13H2,1H3. The SMILES string of the molecule is COCCC(=O)N1CCC2(CC1)Nc1cccnc1-n1cccc12. The smallest absolute Gasteiger partial charge is 0.224 e. The van der Waals surface area contributed by atoms with Gasteiger partial charge in [0, 0.05) is 38.3 Å².